The van der Waals surface area contributed by atoms with Crippen molar-refractivity contribution in [1.82, 2.24) is 4.90 Å². The van der Waals surface area contributed by atoms with E-state index in [1.807, 2.05) is 6.07 Å². The molecule has 1 aromatic rings. The van der Waals surface area contributed by atoms with E-state index < -0.39 is 5.97 Å². The molecule has 1 aliphatic rings. The van der Waals surface area contributed by atoms with Crippen LogP contribution >= 0.6 is 12.4 Å². The average molecular weight is 300 g/mol. The summed E-state index contributed by atoms with van der Waals surface area (Å²) in [5.74, 6) is -0.520. The number of benzene rings is 1. The number of piperidine rings is 1. The van der Waals surface area contributed by atoms with E-state index in [4.69, 9.17) is 4.74 Å². The third-order valence-electron chi connectivity index (χ3n) is 3.82. The molecule has 1 N–H and O–H groups in total. The summed E-state index contributed by atoms with van der Waals surface area (Å²) in [6.07, 6.45) is 3.74. The van der Waals surface area contributed by atoms with Crippen LogP contribution in [0.2, 0.25) is 0 Å². The molecule has 112 valence electrons. The molecule has 1 heterocycles. The van der Waals surface area contributed by atoms with E-state index in [0.29, 0.717) is 11.8 Å². The number of likely N-dealkylation sites (tertiary alicyclic amines) is 1. The molecular formula is C15H22ClNO3. The zero-order chi connectivity index (χ0) is 13.8. The summed E-state index contributed by atoms with van der Waals surface area (Å²) in [7, 11) is 1.49. The molecule has 5 heteroatoms. The fourth-order valence-electron chi connectivity index (χ4n) is 2.65. The average Bonchev–Trinajstić information content (AvgIpc) is 2.41. The number of methoxy groups -OCH3 is 1. The molecule has 0 amide bonds. The van der Waals surface area contributed by atoms with Crippen molar-refractivity contribution in [2.75, 3.05) is 13.7 Å². The first kappa shape index (κ1) is 16.8. The smallest absolute Gasteiger partial charge is 0.339 e. The third kappa shape index (κ3) is 3.87. The number of carboxylic acid groups (broad SMARTS) is 1. The molecule has 1 fully saturated rings. The Hall–Kier alpha value is -1.26. The molecule has 1 aromatic carbocycles. The van der Waals surface area contributed by atoms with E-state index in [0.717, 1.165) is 18.7 Å². The van der Waals surface area contributed by atoms with E-state index in [1.54, 1.807) is 12.1 Å². The van der Waals surface area contributed by atoms with Gasteiger partial charge in [0.2, 0.25) is 0 Å². The van der Waals surface area contributed by atoms with Crippen molar-refractivity contribution in [3.63, 3.8) is 0 Å². The van der Waals surface area contributed by atoms with Gasteiger partial charge in [0.1, 0.15) is 11.3 Å². The maximum absolute atomic E-state index is 11.2. The van der Waals surface area contributed by atoms with Gasteiger partial charge in [-0.15, -0.1) is 12.4 Å². The van der Waals surface area contributed by atoms with Crippen LogP contribution in [0.4, 0.5) is 0 Å². The minimum absolute atomic E-state index is 0. The molecule has 1 atom stereocenters. The number of hydrogen-bond donors (Lipinski definition) is 1. The van der Waals surface area contributed by atoms with Gasteiger partial charge in [-0.3, -0.25) is 4.90 Å². The summed E-state index contributed by atoms with van der Waals surface area (Å²) in [5, 5.41) is 9.19. The summed E-state index contributed by atoms with van der Waals surface area (Å²) in [5.41, 5.74) is 1.27. The van der Waals surface area contributed by atoms with E-state index in [9.17, 15) is 9.90 Å². The lowest BCUT2D eigenvalue weighted by Gasteiger charge is -2.33. The van der Waals surface area contributed by atoms with Gasteiger partial charge in [-0.25, -0.2) is 4.79 Å². The molecule has 2 rings (SSSR count). The van der Waals surface area contributed by atoms with Crippen LogP contribution in [0.3, 0.4) is 0 Å². The van der Waals surface area contributed by atoms with E-state index >= 15 is 0 Å². The highest BCUT2D eigenvalue weighted by molar-refractivity contribution is 5.91. The molecule has 4 nitrogen and oxygen atoms in total. The maximum Gasteiger partial charge on any atom is 0.339 e. The lowest BCUT2D eigenvalue weighted by molar-refractivity contribution is 0.0693. The predicted molar refractivity (Wildman–Crippen MR) is 80.9 cm³/mol. The van der Waals surface area contributed by atoms with Crippen LogP contribution in [0, 0.1) is 0 Å². The minimum atomic E-state index is -0.939. The fraction of sp³-hybridized carbons (Fsp3) is 0.533. The first-order valence-corrected chi connectivity index (χ1v) is 6.76. The predicted octanol–water partition coefficient (Wildman–Crippen LogP) is 3.19. The second kappa shape index (κ2) is 7.50. The van der Waals surface area contributed by atoms with Gasteiger partial charge in [0, 0.05) is 12.6 Å². The highest BCUT2D eigenvalue weighted by atomic mass is 35.5. The number of halogens is 1. The Bertz CT molecular complexity index is 464. The molecule has 0 aliphatic carbocycles. The fourth-order valence-corrected chi connectivity index (χ4v) is 2.65. The molecule has 1 aliphatic heterocycles. The van der Waals surface area contributed by atoms with Crippen LogP contribution in [0.5, 0.6) is 5.75 Å². The van der Waals surface area contributed by atoms with Gasteiger partial charge in [0.25, 0.3) is 0 Å². The molecule has 0 radical (unpaired) electrons. The van der Waals surface area contributed by atoms with Gasteiger partial charge in [-0.05, 0) is 44.0 Å². The van der Waals surface area contributed by atoms with Crippen molar-refractivity contribution in [3.8, 4) is 5.75 Å². The highest BCUT2D eigenvalue weighted by Crippen LogP contribution is 2.23. The minimum Gasteiger partial charge on any atom is -0.496 e. The Labute approximate surface area is 126 Å². The summed E-state index contributed by atoms with van der Waals surface area (Å²) in [6, 6.07) is 5.99. The first-order chi connectivity index (χ1) is 9.11. The molecule has 0 spiro atoms. The van der Waals surface area contributed by atoms with Gasteiger partial charge >= 0.3 is 5.97 Å². The van der Waals surface area contributed by atoms with Crippen molar-refractivity contribution >= 4 is 18.4 Å². The Morgan fingerprint density at radius 1 is 1.45 bits per heavy atom. The normalized spacial score (nSPS) is 19.2. The van der Waals surface area contributed by atoms with Crippen molar-refractivity contribution in [1.29, 1.82) is 0 Å². The van der Waals surface area contributed by atoms with Crippen LogP contribution < -0.4 is 4.74 Å². The van der Waals surface area contributed by atoms with Crippen molar-refractivity contribution in [3.05, 3.63) is 29.3 Å². The molecule has 0 aromatic heterocycles. The summed E-state index contributed by atoms with van der Waals surface area (Å²) in [4.78, 5) is 13.6. The van der Waals surface area contributed by atoms with Gasteiger partial charge in [0.15, 0.2) is 0 Å². The van der Waals surface area contributed by atoms with Gasteiger partial charge in [0.05, 0.1) is 7.11 Å². The Balaban J connectivity index is 0.00000200. The summed E-state index contributed by atoms with van der Waals surface area (Å²) >= 11 is 0. The second-order valence-corrected chi connectivity index (χ2v) is 5.16. The Kier molecular flexibility index (Phi) is 6.30. The summed E-state index contributed by atoms with van der Waals surface area (Å²) < 4.78 is 5.08. The molecule has 20 heavy (non-hydrogen) atoms. The number of carbonyl (C=O) groups is 1. The second-order valence-electron chi connectivity index (χ2n) is 5.16. The lowest BCUT2D eigenvalue weighted by atomic mass is 10.0. The number of hydrogen-bond acceptors (Lipinski definition) is 3. The van der Waals surface area contributed by atoms with Crippen molar-refractivity contribution in [2.45, 2.75) is 38.8 Å². The highest BCUT2D eigenvalue weighted by Gasteiger charge is 2.19. The first-order valence-electron chi connectivity index (χ1n) is 6.76. The SMILES string of the molecule is COc1ccc(CN2CCCCC2C)cc1C(=O)O.Cl. The standard InChI is InChI=1S/C15H21NO3.ClH/c1-11-5-3-4-8-16(11)10-12-6-7-14(19-2)13(9-12)15(17)18;/h6-7,9,11H,3-5,8,10H2,1-2H3,(H,17,18);1H. The van der Waals surface area contributed by atoms with Crippen LogP contribution in [0.15, 0.2) is 18.2 Å². The van der Waals surface area contributed by atoms with Crippen LogP contribution in [-0.2, 0) is 6.54 Å². The van der Waals surface area contributed by atoms with Gasteiger partial charge < -0.3 is 9.84 Å². The number of carboxylic acids is 1. The number of nitrogens with zero attached hydrogens (tertiary/aromatic N) is 1. The quantitative estimate of drug-likeness (QED) is 0.927. The molecule has 1 saturated heterocycles. The number of ether oxygens (including phenoxy) is 1. The number of aromatic carboxylic acids is 1. The van der Waals surface area contributed by atoms with Crippen LogP contribution in [-0.4, -0.2) is 35.7 Å². The maximum atomic E-state index is 11.2. The molecule has 0 saturated carbocycles. The van der Waals surface area contributed by atoms with Gasteiger partial charge in [-0.2, -0.15) is 0 Å². The Morgan fingerprint density at radius 3 is 2.80 bits per heavy atom. The zero-order valence-electron chi connectivity index (χ0n) is 12.0. The zero-order valence-corrected chi connectivity index (χ0v) is 12.8. The van der Waals surface area contributed by atoms with E-state index in [2.05, 4.69) is 11.8 Å². The number of rotatable bonds is 4. The lowest BCUT2D eigenvalue weighted by Crippen LogP contribution is -2.36. The molecule has 1 unspecified atom stereocenters. The van der Waals surface area contributed by atoms with Crippen LogP contribution in [0.1, 0.15) is 42.1 Å². The van der Waals surface area contributed by atoms with E-state index in [-0.39, 0.29) is 18.0 Å². The third-order valence-corrected chi connectivity index (χ3v) is 3.82. The largest absolute Gasteiger partial charge is 0.496 e. The summed E-state index contributed by atoms with van der Waals surface area (Å²) in [6.45, 7) is 4.14. The van der Waals surface area contributed by atoms with Crippen LogP contribution in [0.25, 0.3) is 0 Å². The van der Waals surface area contributed by atoms with Gasteiger partial charge in [-0.1, -0.05) is 12.5 Å². The Morgan fingerprint density at radius 2 is 2.20 bits per heavy atom. The molecular weight excluding hydrogens is 278 g/mol. The monoisotopic (exact) mass is 299 g/mol. The van der Waals surface area contributed by atoms with Crippen molar-refractivity contribution in [2.24, 2.45) is 0 Å². The van der Waals surface area contributed by atoms with Crippen molar-refractivity contribution < 1.29 is 14.6 Å². The topological polar surface area (TPSA) is 49.8 Å². The molecule has 0 bridgehead atoms. The van der Waals surface area contributed by atoms with E-state index in [1.165, 1.54) is 26.4 Å².